The maximum Gasteiger partial charge on any atom is 0.174 e. The monoisotopic (exact) mass is 385 g/mol. The van der Waals surface area contributed by atoms with Crippen LogP contribution in [0.1, 0.15) is 29.5 Å². The molecule has 0 unspecified atom stereocenters. The van der Waals surface area contributed by atoms with E-state index in [0.29, 0.717) is 11.8 Å². The summed E-state index contributed by atoms with van der Waals surface area (Å²) in [5.74, 6) is 2.48. The van der Waals surface area contributed by atoms with Crippen molar-refractivity contribution < 1.29 is 9.47 Å². The minimum atomic E-state index is 0.246. The second-order valence-electron chi connectivity index (χ2n) is 6.30. The number of fused-ring (bicyclic) bond motifs is 3. The van der Waals surface area contributed by atoms with Crippen LogP contribution in [0.25, 0.3) is 0 Å². The molecule has 3 atom stereocenters. The number of benzene rings is 2. The number of hydrogen-bond acceptors (Lipinski definition) is 3. The summed E-state index contributed by atoms with van der Waals surface area (Å²) < 4.78 is 11.9. The number of methoxy groups -OCH3 is 2. The minimum absolute atomic E-state index is 0.246. The van der Waals surface area contributed by atoms with E-state index in [-0.39, 0.29) is 6.04 Å². The van der Waals surface area contributed by atoms with Gasteiger partial charge in [-0.25, -0.2) is 0 Å². The van der Waals surface area contributed by atoms with Gasteiger partial charge in [0.05, 0.1) is 24.7 Å². The van der Waals surface area contributed by atoms with Gasteiger partial charge in [0.15, 0.2) is 11.5 Å². The first-order valence-electron chi connectivity index (χ1n) is 8.16. The van der Waals surface area contributed by atoms with E-state index in [1.54, 1.807) is 14.2 Å². The van der Waals surface area contributed by atoms with Crippen molar-refractivity contribution >= 4 is 21.6 Å². The van der Waals surface area contributed by atoms with Crippen molar-refractivity contribution in [3.63, 3.8) is 0 Å². The lowest BCUT2D eigenvalue weighted by Gasteiger charge is -2.37. The van der Waals surface area contributed by atoms with E-state index < -0.39 is 0 Å². The van der Waals surface area contributed by atoms with E-state index in [4.69, 9.17) is 9.47 Å². The van der Waals surface area contributed by atoms with Crippen molar-refractivity contribution in [3.8, 4) is 11.5 Å². The Morgan fingerprint density at radius 1 is 1.12 bits per heavy atom. The Morgan fingerprint density at radius 2 is 1.96 bits per heavy atom. The largest absolute Gasteiger partial charge is 0.493 e. The average Bonchev–Trinajstić information content (AvgIpc) is 3.10. The number of halogens is 1. The molecule has 0 saturated carbocycles. The second-order valence-corrected chi connectivity index (χ2v) is 7.16. The van der Waals surface area contributed by atoms with Crippen molar-refractivity contribution in [1.82, 2.24) is 0 Å². The molecule has 2 aromatic carbocycles. The quantitative estimate of drug-likeness (QED) is 0.727. The molecule has 0 fully saturated rings. The Kier molecular flexibility index (Phi) is 4.01. The van der Waals surface area contributed by atoms with Gasteiger partial charge in [0.25, 0.3) is 0 Å². The van der Waals surface area contributed by atoms with Gasteiger partial charge in [-0.2, -0.15) is 0 Å². The first-order chi connectivity index (χ1) is 11.7. The zero-order valence-corrected chi connectivity index (χ0v) is 15.3. The number of allylic oxidation sites excluding steroid dienone is 2. The fourth-order valence-electron chi connectivity index (χ4n) is 3.99. The zero-order valence-electron chi connectivity index (χ0n) is 13.8. The normalized spacial score (nSPS) is 24.0. The fourth-order valence-corrected chi connectivity index (χ4v) is 4.61. The van der Waals surface area contributed by atoms with Crippen LogP contribution in [-0.2, 0) is 0 Å². The third kappa shape index (κ3) is 2.40. The summed E-state index contributed by atoms with van der Waals surface area (Å²) in [6.07, 6.45) is 5.75. The van der Waals surface area contributed by atoms with Crippen molar-refractivity contribution in [2.45, 2.75) is 18.4 Å². The van der Waals surface area contributed by atoms with Gasteiger partial charge in [0.1, 0.15) is 0 Å². The molecule has 0 radical (unpaired) electrons. The van der Waals surface area contributed by atoms with E-state index in [1.807, 2.05) is 0 Å². The smallest absolute Gasteiger partial charge is 0.174 e. The lowest BCUT2D eigenvalue weighted by molar-refractivity contribution is 0.351. The highest BCUT2D eigenvalue weighted by Crippen LogP contribution is 2.51. The fraction of sp³-hybridized carbons (Fsp3) is 0.300. The summed E-state index contributed by atoms with van der Waals surface area (Å²) in [4.78, 5) is 0. The van der Waals surface area contributed by atoms with Crippen molar-refractivity contribution in [2.75, 3.05) is 19.5 Å². The van der Waals surface area contributed by atoms with Crippen LogP contribution in [0.4, 0.5) is 5.69 Å². The summed E-state index contributed by atoms with van der Waals surface area (Å²) in [6, 6.07) is 13.1. The lowest BCUT2D eigenvalue weighted by atomic mass is 9.77. The number of nitrogens with one attached hydrogen (secondary N) is 1. The molecule has 0 saturated heterocycles. The van der Waals surface area contributed by atoms with Gasteiger partial charge in [-0.15, -0.1) is 0 Å². The molecule has 3 nitrogen and oxygen atoms in total. The summed E-state index contributed by atoms with van der Waals surface area (Å²) in [7, 11) is 3.34. The van der Waals surface area contributed by atoms with Gasteiger partial charge in [0, 0.05) is 11.6 Å². The molecule has 2 aromatic rings. The van der Waals surface area contributed by atoms with Gasteiger partial charge < -0.3 is 14.8 Å². The molecule has 0 amide bonds. The molecule has 0 bridgehead atoms. The molecular weight excluding hydrogens is 366 g/mol. The van der Waals surface area contributed by atoms with Crippen LogP contribution in [0, 0.1) is 5.92 Å². The molecule has 4 rings (SSSR count). The summed E-state index contributed by atoms with van der Waals surface area (Å²) in [6.45, 7) is 0. The number of anilines is 1. The maximum absolute atomic E-state index is 5.53. The molecule has 1 N–H and O–H groups in total. The van der Waals surface area contributed by atoms with E-state index in [0.717, 1.165) is 22.4 Å². The Labute approximate surface area is 150 Å². The van der Waals surface area contributed by atoms with Gasteiger partial charge in [0.2, 0.25) is 0 Å². The average molecular weight is 386 g/mol. The van der Waals surface area contributed by atoms with Crippen LogP contribution >= 0.6 is 15.9 Å². The van der Waals surface area contributed by atoms with E-state index in [1.165, 1.54) is 16.8 Å². The third-order valence-electron chi connectivity index (χ3n) is 5.09. The van der Waals surface area contributed by atoms with Crippen molar-refractivity contribution in [1.29, 1.82) is 0 Å². The molecule has 0 aromatic heterocycles. The van der Waals surface area contributed by atoms with Crippen LogP contribution in [-0.4, -0.2) is 14.2 Å². The van der Waals surface area contributed by atoms with Gasteiger partial charge in [-0.3, -0.25) is 0 Å². The van der Waals surface area contributed by atoms with Gasteiger partial charge >= 0.3 is 0 Å². The van der Waals surface area contributed by atoms with Crippen molar-refractivity contribution in [2.24, 2.45) is 5.92 Å². The van der Waals surface area contributed by atoms with Crippen LogP contribution in [0.3, 0.4) is 0 Å². The molecule has 4 heteroatoms. The highest BCUT2D eigenvalue weighted by atomic mass is 79.9. The maximum atomic E-state index is 5.53. The van der Waals surface area contributed by atoms with E-state index in [2.05, 4.69) is 69.8 Å². The zero-order chi connectivity index (χ0) is 16.7. The molecule has 1 heterocycles. The Morgan fingerprint density at radius 3 is 2.75 bits per heavy atom. The summed E-state index contributed by atoms with van der Waals surface area (Å²) >= 11 is 3.62. The Hall–Kier alpha value is -1.94. The molecule has 1 aliphatic carbocycles. The highest BCUT2D eigenvalue weighted by Gasteiger charge is 2.38. The molecule has 1 aliphatic heterocycles. The number of hydrogen-bond donors (Lipinski definition) is 1. The molecule has 24 heavy (non-hydrogen) atoms. The van der Waals surface area contributed by atoms with Gasteiger partial charge in [-0.05, 0) is 57.6 Å². The topological polar surface area (TPSA) is 30.5 Å². The molecule has 124 valence electrons. The standard InChI is InChI=1S/C20H20BrNO2/c1-23-18-11-12(10-16(21)20(18)24-2)19-15-8-5-7-13(15)14-6-3-4-9-17(14)22-19/h3-7,9-11,13,15,19,22H,8H2,1-2H3/t13-,15-,19-/m0/s1. The lowest BCUT2D eigenvalue weighted by Crippen LogP contribution is -2.29. The second kappa shape index (κ2) is 6.17. The SMILES string of the molecule is COc1cc([C@@H]2Nc3ccccc3[C@@H]3C=CC[C@@H]32)cc(Br)c1OC. The molecule has 2 aliphatic rings. The number of rotatable bonds is 3. The predicted octanol–water partition coefficient (Wildman–Crippen LogP) is 5.29. The van der Waals surface area contributed by atoms with Crippen LogP contribution in [0.5, 0.6) is 11.5 Å². The van der Waals surface area contributed by atoms with Crippen LogP contribution < -0.4 is 14.8 Å². The first kappa shape index (κ1) is 15.6. The highest BCUT2D eigenvalue weighted by molar-refractivity contribution is 9.10. The summed E-state index contributed by atoms with van der Waals surface area (Å²) in [5.41, 5.74) is 3.83. The number of para-hydroxylation sites is 1. The van der Waals surface area contributed by atoms with Crippen molar-refractivity contribution in [3.05, 3.63) is 64.1 Å². The molecule has 0 spiro atoms. The predicted molar refractivity (Wildman–Crippen MR) is 100 cm³/mol. The first-order valence-corrected chi connectivity index (χ1v) is 8.95. The third-order valence-corrected chi connectivity index (χ3v) is 5.68. The Bertz CT molecular complexity index is 802. The van der Waals surface area contributed by atoms with E-state index in [9.17, 15) is 0 Å². The number of ether oxygens (including phenoxy) is 2. The summed E-state index contributed by atoms with van der Waals surface area (Å²) in [5, 5.41) is 3.74. The van der Waals surface area contributed by atoms with Crippen LogP contribution in [0.2, 0.25) is 0 Å². The molecular formula is C20H20BrNO2. The van der Waals surface area contributed by atoms with Crippen LogP contribution in [0.15, 0.2) is 53.0 Å². The van der Waals surface area contributed by atoms with E-state index >= 15 is 0 Å². The van der Waals surface area contributed by atoms with Gasteiger partial charge in [-0.1, -0.05) is 30.4 Å². The minimum Gasteiger partial charge on any atom is -0.493 e. The Balaban J connectivity index is 1.79.